The summed E-state index contributed by atoms with van der Waals surface area (Å²) in [6, 6.07) is 5.32. The number of halogens is 1. The van der Waals surface area contributed by atoms with Crippen molar-refractivity contribution in [2.45, 2.75) is 46.7 Å². The molecule has 0 fully saturated rings. The summed E-state index contributed by atoms with van der Waals surface area (Å²) >= 11 is 6.08. The number of ether oxygens (including phenoxy) is 1. The topological polar surface area (TPSA) is 64.4 Å². The van der Waals surface area contributed by atoms with Gasteiger partial charge in [-0.15, -0.1) is 0 Å². The molecule has 0 spiro atoms. The maximum Gasteiger partial charge on any atom is 0.225 e. The average Bonchev–Trinajstić information content (AvgIpc) is 2.77. The highest BCUT2D eigenvalue weighted by Crippen LogP contribution is 2.27. The van der Waals surface area contributed by atoms with Crippen LogP contribution in [0.1, 0.15) is 53.6 Å². The Labute approximate surface area is 164 Å². The third-order valence-corrected chi connectivity index (χ3v) is 5.15. The minimum atomic E-state index is -0.146. The smallest absolute Gasteiger partial charge is 0.225 e. The van der Waals surface area contributed by atoms with Gasteiger partial charge in [0.15, 0.2) is 5.78 Å². The van der Waals surface area contributed by atoms with E-state index in [1.54, 1.807) is 15.6 Å². The number of carbonyl (C=O) groups excluding carboxylic acids is 2. The highest BCUT2D eigenvalue weighted by atomic mass is 35.5. The third kappa shape index (κ3) is 4.00. The molecule has 1 aliphatic rings. The Hall–Kier alpha value is -2.34. The monoisotopic (exact) mass is 389 g/mol. The Morgan fingerprint density at radius 3 is 2.74 bits per heavy atom. The fourth-order valence-corrected chi connectivity index (χ4v) is 3.84. The summed E-state index contributed by atoms with van der Waals surface area (Å²) in [5.41, 5.74) is 3.05. The van der Waals surface area contributed by atoms with Crippen LogP contribution >= 0.6 is 11.6 Å². The van der Waals surface area contributed by atoms with E-state index in [4.69, 9.17) is 16.3 Å². The lowest BCUT2D eigenvalue weighted by Crippen LogP contribution is -2.34. The van der Waals surface area contributed by atoms with Gasteiger partial charge in [-0.1, -0.05) is 11.6 Å². The molecule has 0 radical (unpaired) electrons. The van der Waals surface area contributed by atoms with Gasteiger partial charge in [-0.2, -0.15) is 5.10 Å². The first-order valence-corrected chi connectivity index (χ1v) is 9.41. The van der Waals surface area contributed by atoms with Gasteiger partial charge in [-0.25, -0.2) is 0 Å². The summed E-state index contributed by atoms with van der Waals surface area (Å²) < 4.78 is 7.51. The van der Waals surface area contributed by atoms with Gasteiger partial charge in [0.2, 0.25) is 5.91 Å². The van der Waals surface area contributed by atoms with Crippen LogP contribution in [-0.2, 0) is 11.3 Å². The second-order valence-corrected chi connectivity index (χ2v) is 7.45. The summed E-state index contributed by atoms with van der Waals surface area (Å²) in [4.78, 5) is 26.5. The van der Waals surface area contributed by atoms with Gasteiger partial charge in [0.05, 0.1) is 23.8 Å². The van der Waals surface area contributed by atoms with Crippen molar-refractivity contribution in [2.75, 3.05) is 13.2 Å². The van der Waals surface area contributed by atoms with Crippen LogP contribution < -0.4 is 4.74 Å². The second-order valence-electron chi connectivity index (χ2n) is 7.02. The van der Waals surface area contributed by atoms with Gasteiger partial charge >= 0.3 is 0 Å². The van der Waals surface area contributed by atoms with Crippen molar-refractivity contribution in [1.82, 2.24) is 14.7 Å². The molecule has 1 aromatic heterocycles. The number of carbonyl (C=O) groups is 2. The summed E-state index contributed by atoms with van der Waals surface area (Å²) in [5, 5.41) is 5.10. The van der Waals surface area contributed by atoms with Crippen LogP contribution in [0.15, 0.2) is 18.2 Å². The van der Waals surface area contributed by atoms with Crippen molar-refractivity contribution in [3.05, 3.63) is 45.7 Å². The summed E-state index contributed by atoms with van der Waals surface area (Å²) in [6.07, 6.45) is 0.301. The molecule has 144 valence electrons. The first-order chi connectivity index (χ1) is 12.8. The number of ketones is 1. The molecule has 2 aromatic rings. The number of amides is 1. The Balaban J connectivity index is 1.75. The molecule has 1 atom stereocenters. The number of fused-ring (bicyclic) bond motifs is 1. The molecular formula is C20H24ClN3O3. The summed E-state index contributed by atoms with van der Waals surface area (Å²) in [6.45, 7) is 8.61. The predicted molar refractivity (Wildman–Crippen MR) is 103 cm³/mol. The fourth-order valence-electron chi connectivity index (χ4n) is 3.65. The van der Waals surface area contributed by atoms with Crippen LogP contribution in [0.4, 0.5) is 0 Å². The molecule has 0 saturated heterocycles. The van der Waals surface area contributed by atoms with Gasteiger partial charge in [0.25, 0.3) is 0 Å². The number of aryl methyl sites for hydroxylation is 1. The molecule has 1 unspecified atom stereocenters. The second kappa shape index (κ2) is 7.72. The number of Topliss-reactive ketones (excluding diaryl/α,β-unsaturated/α-hetero) is 1. The van der Waals surface area contributed by atoms with Gasteiger partial charge in [-0.3, -0.25) is 14.3 Å². The first kappa shape index (κ1) is 19.4. The van der Waals surface area contributed by atoms with E-state index >= 15 is 0 Å². The predicted octanol–water partition coefficient (Wildman–Crippen LogP) is 3.73. The highest BCUT2D eigenvalue weighted by molar-refractivity contribution is 6.30. The standard InChI is InChI=1S/C20H24ClN3O3/c1-12(24-14(3)20(15(4)25)13(2)22-24)9-19(26)23-7-8-27-18-6-5-17(21)10-16(18)11-23/h5-6,10,12H,7-9,11H2,1-4H3. The van der Waals surface area contributed by atoms with Crippen molar-refractivity contribution in [1.29, 1.82) is 0 Å². The normalized spacial score (nSPS) is 14.9. The minimum absolute atomic E-state index is 0.00655. The van der Waals surface area contributed by atoms with Crippen molar-refractivity contribution in [3.8, 4) is 5.75 Å². The lowest BCUT2D eigenvalue weighted by atomic mass is 10.1. The van der Waals surface area contributed by atoms with E-state index in [9.17, 15) is 9.59 Å². The van der Waals surface area contributed by atoms with E-state index in [2.05, 4.69) is 5.10 Å². The van der Waals surface area contributed by atoms with Crippen molar-refractivity contribution in [3.63, 3.8) is 0 Å². The highest BCUT2D eigenvalue weighted by Gasteiger charge is 2.24. The maximum absolute atomic E-state index is 12.9. The molecule has 6 nitrogen and oxygen atoms in total. The fraction of sp³-hybridized carbons (Fsp3) is 0.450. The molecule has 2 heterocycles. The molecule has 0 saturated carbocycles. The molecule has 3 rings (SSSR count). The van der Waals surface area contributed by atoms with Gasteiger partial charge in [0, 0.05) is 29.2 Å². The van der Waals surface area contributed by atoms with Crippen molar-refractivity contribution in [2.24, 2.45) is 0 Å². The zero-order valence-electron chi connectivity index (χ0n) is 16.1. The first-order valence-electron chi connectivity index (χ1n) is 9.03. The molecular weight excluding hydrogens is 366 g/mol. The maximum atomic E-state index is 12.9. The van der Waals surface area contributed by atoms with Crippen LogP contribution in [0.3, 0.4) is 0 Å². The van der Waals surface area contributed by atoms with Crippen LogP contribution in [0.2, 0.25) is 5.02 Å². The largest absolute Gasteiger partial charge is 0.491 e. The number of rotatable bonds is 4. The minimum Gasteiger partial charge on any atom is -0.491 e. The Morgan fingerprint density at radius 1 is 1.33 bits per heavy atom. The molecule has 1 aromatic carbocycles. The van der Waals surface area contributed by atoms with Gasteiger partial charge in [0.1, 0.15) is 12.4 Å². The molecule has 1 amide bonds. The Bertz CT molecular complexity index is 891. The number of nitrogens with zero attached hydrogens (tertiary/aromatic N) is 3. The zero-order valence-corrected chi connectivity index (χ0v) is 16.8. The Kier molecular flexibility index (Phi) is 5.56. The molecule has 1 aliphatic heterocycles. The summed E-state index contributed by atoms with van der Waals surface area (Å²) in [7, 11) is 0. The molecule has 0 aliphatic carbocycles. The quantitative estimate of drug-likeness (QED) is 0.747. The third-order valence-electron chi connectivity index (χ3n) is 4.92. The van der Waals surface area contributed by atoms with Crippen LogP contribution in [0.25, 0.3) is 0 Å². The zero-order chi connectivity index (χ0) is 19.7. The number of hydrogen-bond acceptors (Lipinski definition) is 4. The van der Waals surface area contributed by atoms with E-state index < -0.39 is 0 Å². The average molecular weight is 390 g/mol. The van der Waals surface area contributed by atoms with E-state index in [0.717, 1.165) is 17.0 Å². The lowest BCUT2D eigenvalue weighted by Gasteiger charge is -2.22. The number of benzene rings is 1. The molecule has 27 heavy (non-hydrogen) atoms. The van der Waals surface area contributed by atoms with Crippen molar-refractivity contribution < 1.29 is 14.3 Å². The number of hydrogen-bond donors (Lipinski definition) is 0. The van der Waals surface area contributed by atoms with E-state index in [1.807, 2.05) is 32.9 Å². The van der Waals surface area contributed by atoms with E-state index in [-0.39, 0.29) is 17.7 Å². The Morgan fingerprint density at radius 2 is 2.07 bits per heavy atom. The molecule has 0 bridgehead atoms. The lowest BCUT2D eigenvalue weighted by molar-refractivity contribution is -0.132. The van der Waals surface area contributed by atoms with Crippen LogP contribution in [0, 0.1) is 13.8 Å². The molecule has 0 N–H and O–H groups in total. The van der Waals surface area contributed by atoms with Crippen molar-refractivity contribution >= 4 is 23.3 Å². The van der Waals surface area contributed by atoms with Gasteiger partial charge < -0.3 is 9.64 Å². The van der Waals surface area contributed by atoms with E-state index in [1.165, 1.54) is 6.92 Å². The van der Waals surface area contributed by atoms with Gasteiger partial charge in [-0.05, 0) is 45.9 Å². The molecule has 7 heteroatoms. The van der Waals surface area contributed by atoms with Crippen LogP contribution in [-0.4, -0.2) is 39.5 Å². The SMILES string of the molecule is CC(=O)c1c(C)nn(C(C)CC(=O)N2CCOc3ccc(Cl)cc3C2)c1C. The van der Waals surface area contributed by atoms with Crippen LogP contribution in [0.5, 0.6) is 5.75 Å². The number of aromatic nitrogens is 2. The van der Waals surface area contributed by atoms with E-state index in [0.29, 0.717) is 42.4 Å². The summed E-state index contributed by atoms with van der Waals surface area (Å²) in [5.74, 6) is 0.788.